The molecular formula is C17H23NO3. The van der Waals surface area contributed by atoms with Gasteiger partial charge >= 0.3 is 5.97 Å². The van der Waals surface area contributed by atoms with Crippen molar-refractivity contribution in [2.24, 2.45) is 5.41 Å². The topological polar surface area (TPSA) is 38.8 Å². The van der Waals surface area contributed by atoms with E-state index in [1.54, 1.807) is 0 Å². The summed E-state index contributed by atoms with van der Waals surface area (Å²) in [6.45, 7) is 5.57. The van der Waals surface area contributed by atoms with Crippen molar-refractivity contribution in [3.63, 3.8) is 0 Å². The lowest BCUT2D eigenvalue weighted by Crippen LogP contribution is -2.54. The van der Waals surface area contributed by atoms with Crippen LogP contribution in [0, 0.1) is 5.41 Å². The molecule has 0 amide bonds. The molecule has 4 heteroatoms. The van der Waals surface area contributed by atoms with Crippen molar-refractivity contribution < 1.29 is 14.3 Å². The monoisotopic (exact) mass is 289 g/mol. The third kappa shape index (κ3) is 2.83. The summed E-state index contributed by atoms with van der Waals surface area (Å²) in [5, 5.41) is 0. The summed E-state index contributed by atoms with van der Waals surface area (Å²) in [5.74, 6) is -0.0785. The summed E-state index contributed by atoms with van der Waals surface area (Å²) in [4.78, 5) is 14.8. The van der Waals surface area contributed by atoms with E-state index >= 15 is 0 Å². The molecule has 0 saturated carbocycles. The Hall–Kier alpha value is -1.39. The van der Waals surface area contributed by atoms with E-state index in [1.807, 2.05) is 13.0 Å². The van der Waals surface area contributed by atoms with E-state index in [1.165, 1.54) is 5.56 Å². The largest absolute Gasteiger partial charge is 0.465 e. The van der Waals surface area contributed by atoms with Crippen molar-refractivity contribution >= 4 is 5.97 Å². The van der Waals surface area contributed by atoms with E-state index < -0.39 is 5.41 Å². The minimum Gasteiger partial charge on any atom is -0.465 e. The van der Waals surface area contributed by atoms with Gasteiger partial charge in [-0.2, -0.15) is 0 Å². The number of carbonyl (C=O) groups excluding carboxylic acids is 1. The van der Waals surface area contributed by atoms with Gasteiger partial charge in [0.25, 0.3) is 0 Å². The average Bonchev–Trinajstić information content (AvgIpc) is 2.93. The Labute approximate surface area is 126 Å². The third-order valence-electron chi connectivity index (χ3n) is 4.63. The summed E-state index contributed by atoms with van der Waals surface area (Å²) in [7, 11) is 0. The van der Waals surface area contributed by atoms with Crippen LogP contribution in [0.25, 0.3) is 0 Å². The number of esters is 1. The van der Waals surface area contributed by atoms with E-state index in [0.717, 1.165) is 32.5 Å². The molecule has 2 fully saturated rings. The lowest BCUT2D eigenvalue weighted by Gasteiger charge is -2.41. The van der Waals surface area contributed by atoms with Crippen LogP contribution in [0.4, 0.5) is 0 Å². The molecule has 4 nitrogen and oxygen atoms in total. The highest BCUT2D eigenvalue weighted by molar-refractivity contribution is 5.78. The van der Waals surface area contributed by atoms with Crippen LogP contribution in [0.2, 0.25) is 0 Å². The van der Waals surface area contributed by atoms with Crippen LogP contribution in [0.3, 0.4) is 0 Å². The molecule has 0 aromatic heterocycles. The number of ether oxygens (including phenoxy) is 2. The second-order valence-electron chi connectivity index (χ2n) is 5.97. The summed E-state index contributed by atoms with van der Waals surface area (Å²) in [5.41, 5.74) is 0.831. The van der Waals surface area contributed by atoms with E-state index in [2.05, 4.69) is 29.2 Å². The molecular weight excluding hydrogens is 266 g/mol. The Morgan fingerprint density at radius 1 is 1.43 bits per heavy atom. The maximum absolute atomic E-state index is 12.5. The second kappa shape index (κ2) is 6.16. The summed E-state index contributed by atoms with van der Waals surface area (Å²) in [6, 6.07) is 10.4. The Balaban J connectivity index is 1.74. The normalized spacial score (nSPS) is 29.1. The third-order valence-corrected chi connectivity index (χ3v) is 4.63. The number of carbonyl (C=O) groups is 1. The fourth-order valence-corrected chi connectivity index (χ4v) is 3.57. The molecule has 0 spiro atoms. The van der Waals surface area contributed by atoms with Gasteiger partial charge in [-0.25, -0.2) is 0 Å². The molecule has 0 aliphatic carbocycles. The molecule has 2 saturated heterocycles. The maximum Gasteiger partial charge on any atom is 0.316 e. The van der Waals surface area contributed by atoms with Crippen LogP contribution in [0.15, 0.2) is 30.3 Å². The number of hydrogen-bond acceptors (Lipinski definition) is 4. The zero-order valence-corrected chi connectivity index (χ0v) is 12.6. The van der Waals surface area contributed by atoms with Gasteiger partial charge in [0, 0.05) is 26.2 Å². The second-order valence-corrected chi connectivity index (χ2v) is 5.97. The standard InChI is InChI=1S/C17H23NO3/c1-2-20-16(19)17-9-11-21-15(17)8-10-18(13-17)12-14-6-4-3-5-7-14/h3-7,15H,2,8-13H2,1H3. The van der Waals surface area contributed by atoms with Crippen molar-refractivity contribution in [2.45, 2.75) is 32.4 Å². The predicted molar refractivity (Wildman–Crippen MR) is 79.8 cm³/mol. The van der Waals surface area contributed by atoms with Gasteiger partial charge in [0.1, 0.15) is 5.41 Å². The minimum atomic E-state index is -0.455. The van der Waals surface area contributed by atoms with Crippen LogP contribution in [0.5, 0.6) is 0 Å². The first-order chi connectivity index (χ1) is 10.2. The van der Waals surface area contributed by atoms with Crippen molar-refractivity contribution in [3.05, 3.63) is 35.9 Å². The van der Waals surface area contributed by atoms with E-state index in [-0.39, 0.29) is 12.1 Å². The smallest absolute Gasteiger partial charge is 0.316 e. The van der Waals surface area contributed by atoms with Gasteiger partial charge in [-0.05, 0) is 25.3 Å². The predicted octanol–water partition coefficient (Wildman–Crippen LogP) is 2.23. The highest BCUT2D eigenvalue weighted by atomic mass is 16.5. The Kier molecular flexibility index (Phi) is 4.27. The lowest BCUT2D eigenvalue weighted by molar-refractivity contribution is -0.164. The van der Waals surface area contributed by atoms with E-state index in [0.29, 0.717) is 13.2 Å². The zero-order valence-electron chi connectivity index (χ0n) is 12.6. The van der Waals surface area contributed by atoms with E-state index in [9.17, 15) is 4.79 Å². The number of hydrogen-bond donors (Lipinski definition) is 0. The van der Waals surface area contributed by atoms with E-state index in [4.69, 9.17) is 9.47 Å². The van der Waals surface area contributed by atoms with Crippen LogP contribution in [-0.4, -0.2) is 43.3 Å². The molecule has 114 valence electrons. The zero-order chi connectivity index (χ0) is 14.7. The molecule has 2 aliphatic rings. The molecule has 0 bridgehead atoms. The molecule has 2 atom stereocenters. The first-order valence-electron chi connectivity index (χ1n) is 7.80. The number of likely N-dealkylation sites (tertiary alicyclic amines) is 1. The quantitative estimate of drug-likeness (QED) is 0.797. The molecule has 2 heterocycles. The highest BCUT2D eigenvalue weighted by Gasteiger charge is 2.54. The molecule has 2 unspecified atom stereocenters. The highest BCUT2D eigenvalue weighted by Crippen LogP contribution is 2.42. The van der Waals surface area contributed by atoms with Gasteiger partial charge < -0.3 is 9.47 Å². The van der Waals surface area contributed by atoms with Gasteiger partial charge in [-0.3, -0.25) is 9.69 Å². The van der Waals surface area contributed by atoms with Gasteiger partial charge in [0.05, 0.1) is 12.7 Å². The SMILES string of the molecule is CCOC(=O)C12CCOC1CCN(Cc1ccccc1)C2. The van der Waals surface area contributed by atoms with Crippen molar-refractivity contribution in [2.75, 3.05) is 26.3 Å². The average molecular weight is 289 g/mol. The summed E-state index contributed by atoms with van der Waals surface area (Å²) >= 11 is 0. The molecule has 1 aromatic carbocycles. The number of benzene rings is 1. The number of rotatable bonds is 4. The molecule has 0 N–H and O–H groups in total. The van der Waals surface area contributed by atoms with Crippen LogP contribution in [0.1, 0.15) is 25.3 Å². The summed E-state index contributed by atoms with van der Waals surface area (Å²) < 4.78 is 11.1. The fraction of sp³-hybridized carbons (Fsp3) is 0.588. The van der Waals surface area contributed by atoms with Crippen molar-refractivity contribution in [1.29, 1.82) is 0 Å². The molecule has 2 aliphatic heterocycles. The lowest BCUT2D eigenvalue weighted by atomic mass is 9.76. The fourth-order valence-electron chi connectivity index (χ4n) is 3.57. The van der Waals surface area contributed by atoms with Crippen molar-refractivity contribution in [3.8, 4) is 0 Å². The minimum absolute atomic E-state index is 0.0311. The Morgan fingerprint density at radius 3 is 3.00 bits per heavy atom. The molecule has 3 rings (SSSR count). The van der Waals surface area contributed by atoms with Crippen LogP contribution >= 0.6 is 0 Å². The maximum atomic E-state index is 12.5. The van der Waals surface area contributed by atoms with Gasteiger partial charge in [0.15, 0.2) is 0 Å². The molecule has 21 heavy (non-hydrogen) atoms. The van der Waals surface area contributed by atoms with Gasteiger partial charge in [0.2, 0.25) is 0 Å². The van der Waals surface area contributed by atoms with Crippen LogP contribution < -0.4 is 0 Å². The number of nitrogens with zero attached hydrogens (tertiary/aromatic N) is 1. The summed E-state index contributed by atoms with van der Waals surface area (Å²) in [6.07, 6.45) is 1.72. The molecule has 1 aromatic rings. The first kappa shape index (κ1) is 14.5. The van der Waals surface area contributed by atoms with Gasteiger partial charge in [-0.15, -0.1) is 0 Å². The van der Waals surface area contributed by atoms with Crippen molar-refractivity contribution in [1.82, 2.24) is 4.90 Å². The Morgan fingerprint density at radius 2 is 2.24 bits per heavy atom. The number of fused-ring (bicyclic) bond motifs is 1. The Bertz CT molecular complexity index is 490. The first-order valence-corrected chi connectivity index (χ1v) is 7.80. The molecule has 0 radical (unpaired) electrons. The van der Waals surface area contributed by atoms with Crippen LogP contribution in [-0.2, 0) is 20.8 Å². The number of piperidine rings is 1. The van der Waals surface area contributed by atoms with Gasteiger partial charge in [-0.1, -0.05) is 30.3 Å².